The summed E-state index contributed by atoms with van der Waals surface area (Å²) in [5, 5.41) is 19.5. The van der Waals surface area contributed by atoms with Crippen LogP contribution in [0.5, 0.6) is 11.5 Å². The van der Waals surface area contributed by atoms with E-state index in [9.17, 15) is 18.7 Å². The second kappa shape index (κ2) is 3.91. The van der Waals surface area contributed by atoms with Gasteiger partial charge in [0.2, 0.25) is 0 Å². The molecule has 4 nitrogen and oxygen atoms in total. The molecule has 1 aromatic rings. The summed E-state index contributed by atoms with van der Waals surface area (Å²) in [6, 6.07) is 3.12. The van der Waals surface area contributed by atoms with E-state index in [-0.39, 0.29) is 0 Å². The Balaban J connectivity index is 3.15. The van der Waals surface area contributed by atoms with E-state index in [1.165, 1.54) is 0 Å². The number of carboxylic acid groups (broad SMARTS) is 1. The monoisotopic (exact) mass is 203 g/mol. The fourth-order valence-corrected chi connectivity index (χ4v) is 0.895. The zero-order valence-electron chi connectivity index (χ0n) is 6.74. The largest absolute Gasteiger partial charge is 0.870 e. The van der Waals surface area contributed by atoms with Crippen LogP contribution in [-0.4, -0.2) is 17.7 Å². The summed E-state index contributed by atoms with van der Waals surface area (Å²) in [6.07, 6.45) is 0. The SMILES string of the molecule is O=C(O)c1cccc([O-])c1OC(F)F. The lowest BCUT2D eigenvalue weighted by Crippen LogP contribution is -2.10. The number of rotatable bonds is 3. The molecule has 0 bridgehead atoms. The third-order valence-corrected chi connectivity index (χ3v) is 1.42. The van der Waals surface area contributed by atoms with E-state index in [1.807, 2.05) is 0 Å². The summed E-state index contributed by atoms with van der Waals surface area (Å²) in [4.78, 5) is 10.5. The fraction of sp³-hybridized carbons (Fsp3) is 0.125. The lowest BCUT2D eigenvalue weighted by molar-refractivity contribution is -0.272. The van der Waals surface area contributed by atoms with Gasteiger partial charge in [-0.1, -0.05) is 17.9 Å². The molecule has 0 unspecified atom stereocenters. The molecular formula is C8H5F2O4-. The summed E-state index contributed by atoms with van der Waals surface area (Å²) < 4.78 is 27.4. The number of para-hydroxylation sites is 1. The van der Waals surface area contributed by atoms with Crippen molar-refractivity contribution in [3.8, 4) is 11.5 Å². The molecule has 0 aliphatic heterocycles. The topological polar surface area (TPSA) is 69.6 Å². The zero-order valence-corrected chi connectivity index (χ0v) is 6.74. The van der Waals surface area contributed by atoms with Crippen LogP contribution in [0.25, 0.3) is 0 Å². The number of alkyl halides is 2. The van der Waals surface area contributed by atoms with Crippen LogP contribution < -0.4 is 9.84 Å². The van der Waals surface area contributed by atoms with Gasteiger partial charge in [-0.15, -0.1) is 0 Å². The predicted octanol–water partition coefficient (Wildman–Crippen LogP) is 1.06. The number of ether oxygens (including phenoxy) is 1. The Bertz CT molecular complexity index is 351. The lowest BCUT2D eigenvalue weighted by atomic mass is 10.2. The van der Waals surface area contributed by atoms with Crippen LogP contribution >= 0.6 is 0 Å². The first-order chi connectivity index (χ1) is 6.52. The van der Waals surface area contributed by atoms with Gasteiger partial charge in [-0.2, -0.15) is 8.78 Å². The Morgan fingerprint density at radius 1 is 1.50 bits per heavy atom. The van der Waals surface area contributed by atoms with Crippen molar-refractivity contribution in [1.82, 2.24) is 0 Å². The summed E-state index contributed by atoms with van der Waals surface area (Å²) in [6.45, 7) is -3.22. The number of hydrogen-bond donors (Lipinski definition) is 1. The first-order valence-electron chi connectivity index (χ1n) is 3.50. The number of carbonyl (C=O) groups is 1. The van der Waals surface area contributed by atoms with Gasteiger partial charge >= 0.3 is 12.6 Å². The number of benzene rings is 1. The number of halogens is 2. The van der Waals surface area contributed by atoms with E-state index in [0.717, 1.165) is 18.2 Å². The van der Waals surface area contributed by atoms with Gasteiger partial charge in [0.05, 0.1) is 0 Å². The van der Waals surface area contributed by atoms with Crippen LogP contribution in [-0.2, 0) is 0 Å². The third kappa shape index (κ3) is 2.09. The Morgan fingerprint density at radius 3 is 2.64 bits per heavy atom. The molecule has 0 aliphatic rings. The third-order valence-electron chi connectivity index (χ3n) is 1.42. The van der Waals surface area contributed by atoms with Gasteiger partial charge in [0.25, 0.3) is 0 Å². The maximum Gasteiger partial charge on any atom is 0.387 e. The standard InChI is InChI=1S/C8H6F2O4/c9-8(10)14-6-4(7(12)13)2-1-3-5(6)11/h1-3,8,11H,(H,12,13)/p-1. The average molecular weight is 203 g/mol. The highest BCUT2D eigenvalue weighted by molar-refractivity contribution is 5.91. The van der Waals surface area contributed by atoms with Gasteiger partial charge in [0, 0.05) is 0 Å². The molecular weight excluding hydrogens is 198 g/mol. The molecule has 76 valence electrons. The van der Waals surface area contributed by atoms with Crippen LogP contribution in [0, 0.1) is 0 Å². The molecule has 0 spiro atoms. The van der Waals surface area contributed by atoms with Crippen molar-refractivity contribution in [2.75, 3.05) is 0 Å². The van der Waals surface area contributed by atoms with Crippen LogP contribution in [0.1, 0.15) is 10.4 Å². The molecule has 14 heavy (non-hydrogen) atoms. The van der Waals surface area contributed by atoms with Crippen molar-refractivity contribution in [3.05, 3.63) is 23.8 Å². The van der Waals surface area contributed by atoms with Crippen molar-refractivity contribution < 1.29 is 28.5 Å². The molecule has 0 aromatic heterocycles. The number of aromatic carboxylic acids is 1. The van der Waals surface area contributed by atoms with E-state index in [2.05, 4.69) is 4.74 Å². The molecule has 0 aliphatic carbocycles. The predicted molar refractivity (Wildman–Crippen MR) is 39.5 cm³/mol. The van der Waals surface area contributed by atoms with Crippen molar-refractivity contribution >= 4 is 5.97 Å². The Kier molecular flexibility index (Phi) is 2.85. The molecule has 0 fully saturated rings. The molecule has 1 N–H and O–H groups in total. The van der Waals surface area contributed by atoms with Gasteiger partial charge in [0.1, 0.15) is 11.3 Å². The van der Waals surface area contributed by atoms with Gasteiger partial charge in [-0.25, -0.2) is 4.79 Å². The van der Waals surface area contributed by atoms with Gasteiger partial charge in [-0.3, -0.25) is 0 Å². The first kappa shape index (κ1) is 10.2. The lowest BCUT2D eigenvalue weighted by Gasteiger charge is -2.15. The Morgan fingerprint density at radius 2 is 2.14 bits per heavy atom. The molecule has 0 radical (unpaired) electrons. The number of carboxylic acids is 1. The highest BCUT2D eigenvalue weighted by Gasteiger charge is 2.14. The molecule has 0 saturated heterocycles. The van der Waals surface area contributed by atoms with Crippen molar-refractivity contribution in [1.29, 1.82) is 0 Å². The second-order valence-corrected chi connectivity index (χ2v) is 2.32. The van der Waals surface area contributed by atoms with Gasteiger partial charge in [0.15, 0.2) is 0 Å². The Labute approximate surface area is 77.4 Å². The fourth-order valence-electron chi connectivity index (χ4n) is 0.895. The highest BCUT2D eigenvalue weighted by atomic mass is 19.3. The van der Waals surface area contributed by atoms with E-state index in [1.54, 1.807) is 0 Å². The normalized spacial score (nSPS) is 10.2. The van der Waals surface area contributed by atoms with E-state index < -0.39 is 29.6 Å². The van der Waals surface area contributed by atoms with Crippen LogP contribution in [0.4, 0.5) is 8.78 Å². The van der Waals surface area contributed by atoms with Crippen LogP contribution in [0.3, 0.4) is 0 Å². The average Bonchev–Trinajstić information content (AvgIpc) is 2.07. The summed E-state index contributed by atoms with van der Waals surface area (Å²) in [7, 11) is 0. The van der Waals surface area contributed by atoms with Gasteiger partial charge in [-0.05, 0) is 6.07 Å². The molecule has 6 heteroatoms. The minimum Gasteiger partial charge on any atom is -0.870 e. The summed E-state index contributed by atoms with van der Waals surface area (Å²) in [5.41, 5.74) is -0.571. The molecule has 0 heterocycles. The molecule has 0 amide bonds. The van der Waals surface area contributed by atoms with Crippen molar-refractivity contribution in [2.24, 2.45) is 0 Å². The molecule has 0 atom stereocenters. The number of hydrogen-bond acceptors (Lipinski definition) is 3. The quantitative estimate of drug-likeness (QED) is 0.797. The maximum absolute atomic E-state index is 11.8. The van der Waals surface area contributed by atoms with E-state index in [4.69, 9.17) is 5.11 Å². The highest BCUT2D eigenvalue weighted by Crippen LogP contribution is 2.29. The molecule has 0 saturated carbocycles. The van der Waals surface area contributed by atoms with E-state index >= 15 is 0 Å². The summed E-state index contributed by atoms with van der Waals surface area (Å²) >= 11 is 0. The van der Waals surface area contributed by atoms with Crippen LogP contribution in [0.15, 0.2) is 18.2 Å². The van der Waals surface area contributed by atoms with E-state index in [0.29, 0.717) is 0 Å². The minimum atomic E-state index is -3.22. The van der Waals surface area contributed by atoms with Crippen molar-refractivity contribution in [3.63, 3.8) is 0 Å². The first-order valence-corrected chi connectivity index (χ1v) is 3.50. The van der Waals surface area contributed by atoms with Gasteiger partial charge < -0.3 is 14.9 Å². The van der Waals surface area contributed by atoms with Crippen molar-refractivity contribution in [2.45, 2.75) is 6.61 Å². The summed E-state index contributed by atoms with van der Waals surface area (Å²) in [5.74, 6) is -3.21. The minimum absolute atomic E-state index is 0.571. The molecule has 1 rings (SSSR count). The molecule has 1 aromatic carbocycles. The Hall–Kier alpha value is -1.85. The second-order valence-electron chi connectivity index (χ2n) is 2.32. The maximum atomic E-state index is 11.8. The zero-order chi connectivity index (χ0) is 10.7. The smallest absolute Gasteiger partial charge is 0.387 e. The van der Waals surface area contributed by atoms with Crippen LogP contribution in [0.2, 0.25) is 0 Å².